The van der Waals surface area contributed by atoms with Crippen LogP contribution in [0.15, 0.2) is 59.5 Å². The van der Waals surface area contributed by atoms with Crippen LogP contribution >= 0.6 is 11.6 Å². The fourth-order valence-corrected chi connectivity index (χ4v) is 4.17. The van der Waals surface area contributed by atoms with Gasteiger partial charge in [-0.05, 0) is 38.1 Å². The van der Waals surface area contributed by atoms with Crippen molar-refractivity contribution in [3.8, 4) is 5.69 Å². The number of aryl methyl sites for hydroxylation is 1. The van der Waals surface area contributed by atoms with Crippen LogP contribution in [0.3, 0.4) is 0 Å². The van der Waals surface area contributed by atoms with Gasteiger partial charge in [-0.25, -0.2) is 17.8 Å². The molecule has 0 radical (unpaired) electrons. The quantitative estimate of drug-likeness (QED) is 0.740. The van der Waals surface area contributed by atoms with Crippen molar-refractivity contribution in [1.82, 2.24) is 14.5 Å². The molecular formula is C18H18ClN3O2S. The number of para-hydroxylation sites is 1. The van der Waals surface area contributed by atoms with E-state index in [4.69, 9.17) is 11.6 Å². The monoisotopic (exact) mass is 375 g/mol. The van der Waals surface area contributed by atoms with E-state index in [1.807, 2.05) is 48.9 Å². The van der Waals surface area contributed by atoms with Crippen LogP contribution in [0.4, 0.5) is 0 Å². The molecule has 2 aromatic carbocycles. The Morgan fingerprint density at radius 3 is 2.36 bits per heavy atom. The standard InChI is InChI=1S/C18H18ClN3O2S/c1-13-16(14(2)22(21-13)15-8-4-3-5-9-15)12-20-25(23,24)18-11-7-6-10-17(18)19/h3-11,20H,12H2,1-2H3. The fraction of sp³-hybridized carbons (Fsp3) is 0.167. The van der Waals surface area contributed by atoms with Crippen LogP contribution < -0.4 is 4.72 Å². The van der Waals surface area contributed by atoms with Gasteiger partial charge in [-0.2, -0.15) is 5.10 Å². The van der Waals surface area contributed by atoms with Crippen molar-refractivity contribution in [1.29, 1.82) is 0 Å². The van der Waals surface area contributed by atoms with E-state index in [2.05, 4.69) is 9.82 Å². The summed E-state index contributed by atoms with van der Waals surface area (Å²) in [4.78, 5) is 0.0717. The molecule has 25 heavy (non-hydrogen) atoms. The Labute approximate surface area is 152 Å². The van der Waals surface area contributed by atoms with Gasteiger partial charge in [0.25, 0.3) is 0 Å². The van der Waals surface area contributed by atoms with Crippen LogP contribution in [0.1, 0.15) is 17.0 Å². The summed E-state index contributed by atoms with van der Waals surface area (Å²) in [7, 11) is -3.70. The first-order valence-corrected chi connectivity index (χ1v) is 9.61. The van der Waals surface area contributed by atoms with Gasteiger partial charge in [-0.15, -0.1) is 0 Å². The highest BCUT2D eigenvalue weighted by Crippen LogP contribution is 2.22. The van der Waals surface area contributed by atoms with E-state index in [9.17, 15) is 8.42 Å². The first-order valence-electron chi connectivity index (χ1n) is 7.75. The molecule has 0 aliphatic heterocycles. The Bertz CT molecular complexity index is 998. The van der Waals surface area contributed by atoms with Crippen molar-refractivity contribution in [3.05, 3.63) is 76.6 Å². The van der Waals surface area contributed by atoms with Crippen LogP contribution in [-0.2, 0) is 16.6 Å². The van der Waals surface area contributed by atoms with Crippen molar-refractivity contribution >= 4 is 21.6 Å². The molecule has 3 aromatic rings. The predicted octanol–water partition coefficient (Wildman–Crippen LogP) is 3.62. The maximum Gasteiger partial charge on any atom is 0.242 e. The number of halogens is 1. The van der Waals surface area contributed by atoms with E-state index < -0.39 is 10.0 Å². The second-order valence-electron chi connectivity index (χ2n) is 5.65. The topological polar surface area (TPSA) is 64.0 Å². The molecule has 0 amide bonds. The second kappa shape index (κ2) is 7.00. The Morgan fingerprint density at radius 2 is 1.68 bits per heavy atom. The van der Waals surface area contributed by atoms with Gasteiger partial charge in [0, 0.05) is 17.8 Å². The van der Waals surface area contributed by atoms with Gasteiger partial charge in [-0.3, -0.25) is 0 Å². The van der Waals surface area contributed by atoms with Gasteiger partial charge >= 0.3 is 0 Å². The zero-order chi connectivity index (χ0) is 18.0. The summed E-state index contributed by atoms with van der Waals surface area (Å²) in [6.45, 7) is 3.94. The molecule has 0 saturated heterocycles. The number of aromatic nitrogens is 2. The van der Waals surface area contributed by atoms with E-state index in [0.717, 1.165) is 22.6 Å². The number of nitrogens with zero attached hydrogens (tertiary/aromatic N) is 2. The zero-order valence-corrected chi connectivity index (χ0v) is 15.5. The average molecular weight is 376 g/mol. The van der Waals surface area contributed by atoms with E-state index in [0.29, 0.717) is 0 Å². The molecule has 0 unspecified atom stereocenters. The highest BCUT2D eigenvalue weighted by atomic mass is 35.5. The number of nitrogens with one attached hydrogen (secondary N) is 1. The Kier molecular flexibility index (Phi) is 4.94. The lowest BCUT2D eigenvalue weighted by atomic mass is 10.2. The third-order valence-corrected chi connectivity index (χ3v) is 5.91. The van der Waals surface area contributed by atoms with Crippen LogP contribution in [0, 0.1) is 13.8 Å². The molecule has 0 bridgehead atoms. The molecular weight excluding hydrogens is 358 g/mol. The maximum atomic E-state index is 12.5. The van der Waals surface area contributed by atoms with Crippen molar-refractivity contribution in [2.75, 3.05) is 0 Å². The molecule has 1 heterocycles. The van der Waals surface area contributed by atoms with E-state index in [1.54, 1.807) is 18.2 Å². The van der Waals surface area contributed by atoms with E-state index in [1.165, 1.54) is 6.07 Å². The summed E-state index contributed by atoms with van der Waals surface area (Å²) >= 11 is 6.00. The highest BCUT2D eigenvalue weighted by molar-refractivity contribution is 7.89. The lowest BCUT2D eigenvalue weighted by Crippen LogP contribution is -2.24. The minimum atomic E-state index is -3.70. The Hall–Kier alpha value is -2.15. The number of rotatable bonds is 5. The van der Waals surface area contributed by atoms with Crippen LogP contribution in [0.2, 0.25) is 5.02 Å². The lowest BCUT2D eigenvalue weighted by molar-refractivity contribution is 0.581. The lowest BCUT2D eigenvalue weighted by Gasteiger charge is -2.09. The van der Waals surface area contributed by atoms with Gasteiger partial charge in [0.1, 0.15) is 4.90 Å². The van der Waals surface area contributed by atoms with Gasteiger partial charge in [-0.1, -0.05) is 41.9 Å². The van der Waals surface area contributed by atoms with Crippen molar-refractivity contribution < 1.29 is 8.42 Å². The van der Waals surface area contributed by atoms with Gasteiger partial charge < -0.3 is 0 Å². The molecule has 0 atom stereocenters. The third kappa shape index (κ3) is 3.61. The second-order valence-corrected chi connectivity index (χ2v) is 7.79. The first-order chi connectivity index (χ1) is 11.9. The minimum absolute atomic E-state index is 0.0717. The molecule has 0 spiro atoms. The molecule has 1 aromatic heterocycles. The minimum Gasteiger partial charge on any atom is -0.238 e. The summed E-state index contributed by atoms with van der Waals surface area (Å²) in [6.07, 6.45) is 0. The molecule has 0 aliphatic carbocycles. The molecule has 5 nitrogen and oxygen atoms in total. The molecule has 0 saturated carbocycles. The maximum absolute atomic E-state index is 12.5. The highest BCUT2D eigenvalue weighted by Gasteiger charge is 2.19. The molecule has 3 rings (SSSR count). The Morgan fingerprint density at radius 1 is 1.04 bits per heavy atom. The van der Waals surface area contributed by atoms with Gasteiger partial charge in [0.2, 0.25) is 10.0 Å². The first kappa shape index (κ1) is 17.7. The summed E-state index contributed by atoms with van der Waals surface area (Å²) in [5.74, 6) is 0. The molecule has 0 aliphatic rings. The van der Waals surface area contributed by atoms with Crippen molar-refractivity contribution in [3.63, 3.8) is 0 Å². The number of hydrogen-bond acceptors (Lipinski definition) is 3. The number of benzene rings is 2. The third-order valence-electron chi connectivity index (χ3n) is 4.01. The summed E-state index contributed by atoms with van der Waals surface area (Å²) < 4.78 is 29.4. The summed E-state index contributed by atoms with van der Waals surface area (Å²) in [6, 6.07) is 16.1. The van der Waals surface area contributed by atoms with E-state index >= 15 is 0 Å². The number of sulfonamides is 1. The summed E-state index contributed by atoms with van der Waals surface area (Å²) in [5.41, 5.74) is 3.46. The average Bonchev–Trinajstić information content (AvgIpc) is 2.88. The SMILES string of the molecule is Cc1nn(-c2ccccc2)c(C)c1CNS(=O)(=O)c1ccccc1Cl. The van der Waals surface area contributed by atoms with Crippen molar-refractivity contribution in [2.24, 2.45) is 0 Å². The normalized spacial score (nSPS) is 11.6. The summed E-state index contributed by atoms with van der Waals surface area (Å²) in [5, 5.41) is 4.72. The van der Waals surface area contributed by atoms with Gasteiger partial charge in [0.15, 0.2) is 0 Å². The fourth-order valence-electron chi connectivity index (χ4n) is 2.66. The molecule has 0 fully saturated rings. The zero-order valence-electron chi connectivity index (χ0n) is 13.9. The van der Waals surface area contributed by atoms with Crippen LogP contribution in [0.5, 0.6) is 0 Å². The molecule has 7 heteroatoms. The largest absolute Gasteiger partial charge is 0.242 e. The number of hydrogen-bond donors (Lipinski definition) is 1. The smallest absolute Gasteiger partial charge is 0.238 e. The molecule has 1 N–H and O–H groups in total. The Balaban J connectivity index is 1.87. The van der Waals surface area contributed by atoms with Gasteiger partial charge in [0.05, 0.1) is 16.4 Å². The molecule has 130 valence electrons. The van der Waals surface area contributed by atoms with E-state index in [-0.39, 0.29) is 16.5 Å². The predicted molar refractivity (Wildman–Crippen MR) is 98.5 cm³/mol. The van der Waals surface area contributed by atoms with Crippen LogP contribution in [-0.4, -0.2) is 18.2 Å². The van der Waals surface area contributed by atoms with Crippen molar-refractivity contribution in [2.45, 2.75) is 25.3 Å². The van der Waals surface area contributed by atoms with Crippen LogP contribution in [0.25, 0.3) is 5.69 Å².